The van der Waals surface area contributed by atoms with Crippen LogP contribution in [0.5, 0.6) is 0 Å². The van der Waals surface area contributed by atoms with E-state index in [9.17, 15) is 0 Å². The predicted molar refractivity (Wildman–Crippen MR) is 50.6 cm³/mol. The van der Waals surface area contributed by atoms with Crippen molar-refractivity contribution in [3.05, 3.63) is 29.3 Å². The average Bonchev–Trinajstić information content (AvgIpc) is 1.98. The van der Waals surface area contributed by atoms with E-state index < -0.39 is 0 Å². The van der Waals surface area contributed by atoms with Crippen molar-refractivity contribution in [2.24, 2.45) is 0 Å². The van der Waals surface area contributed by atoms with Gasteiger partial charge in [0.25, 0.3) is 0 Å². The van der Waals surface area contributed by atoms with Crippen LogP contribution < -0.4 is 5.46 Å². The lowest BCUT2D eigenvalue weighted by Crippen LogP contribution is -2.07. The molecule has 0 nitrogen and oxygen atoms in total. The van der Waals surface area contributed by atoms with Gasteiger partial charge in [0.2, 0.25) is 0 Å². The van der Waals surface area contributed by atoms with Crippen LogP contribution in [-0.4, -0.2) is 7.85 Å². The van der Waals surface area contributed by atoms with Gasteiger partial charge >= 0.3 is 0 Å². The largest absolute Gasteiger partial charge is 0.114 e. The summed E-state index contributed by atoms with van der Waals surface area (Å²) in [5.41, 5.74) is 3.43. The Morgan fingerprint density at radius 1 is 1.36 bits per heavy atom. The summed E-state index contributed by atoms with van der Waals surface area (Å²) in [5, 5.41) is 0. The molecule has 0 aliphatic rings. The molecule has 1 aromatic rings. The molecule has 56 valence electrons. The minimum Gasteiger partial charge on any atom is -0.0935 e. The molecule has 0 fully saturated rings. The Kier molecular flexibility index (Phi) is 2.75. The molecule has 0 N–H and O–H groups in total. The highest BCUT2D eigenvalue weighted by molar-refractivity contribution is 6.33. The van der Waals surface area contributed by atoms with Gasteiger partial charge in [0.15, 0.2) is 0 Å². The molecule has 1 aromatic carbocycles. The Hall–Kier alpha value is -0.715. The summed E-state index contributed by atoms with van der Waals surface area (Å²) >= 11 is 0. The van der Waals surface area contributed by atoms with E-state index in [0.29, 0.717) is 0 Å². The predicted octanol–water partition coefficient (Wildman–Crippen LogP) is 1.74. The van der Waals surface area contributed by atoms with Crippen molar-refractivity contribution in [2.45, 2.75) is 26.7 Å². The summed E-state index contributed by atoms with van der Waals surface area (Å²) in [5.74, 6) is 0. The van der Waals surface area contributed by atoms with Crippen LogP contribution in [0.2, 0.25) is 0 Å². The van der Waals surface area contributed by atoms with Gasteiger partial charge in [-0.1, -0.05) is 42.6 Å². The first kappa shape index (κ1) is 8.38. The summed E-state index contributed by atoms with van der Waals surface area (Å²) in [6.07, 6.45) is 2.31. The summed E-state index contributed by atoms with van der Waals surface area (Å²) in [7, 11) is 5.75. The molecule has 0 atom stereocenters. The highest BCUT2D eigenvalue weighted by Gasteiger charge is 1.93. The van der Waals surface area contributed by atoms with E-state index in [1.165, 1.54) is 17.5 Å². The van der Waals surface area contributed by atoms with Crippen LogP contribution in [0, 0.1) is 6.92 Å². The van der Waals surface area contributed by atoms with Crippen LogP contribution in [-0.2, 0) is 6.42 Å². The smallest absolute Gasteiger partial charge is 0.0935 e. The summed E-state index contributed by atoms with van der Waals surface area (Å²) in [6, 6.07) is 6.30. The van der Waals surface area contributed by atoms with Gasteiger partial charge < -0.3 is 0 Å². The molecule has 0 amide bonds. The number of rotatable bonds is 2. The summed E-state index contributed by atoms with van der Waals surface area (Å²) < 4.78 is 0. The Labute approximate surface area is 70.0 Å². The van der Waals surface area contributed by atoms with Gasteiger partial charge in [-0.15, -0.1) is 0 Å². The zero-order valence-electron chi connectivity index (χ0n) is 7.22. The highest BCUT2D eigenvalue weighted by atomic mass is 14.0. The van der Waals surface area contributed by atoms with Gasteiger partial charge in [-0.25, -0.2) is 0 Å². The van der Waals surface area contributed by atoms with Gasteiger partial charge in [0.05, 0.1) is 0 Å². The van der Waals surface area contributed by atoms with Gasteiger partial charge in [0, 0.05) is 0 Å². The third-order valence-electron chi connectivity index (χ3n) is 1.88. The monoisotopic (exact) mass is 144 g/mol. The SMILES string of the molecule is [B]c1cc(CCC)ccc1C. The van der Waals surface area contributed by atoms with Crippen LogP contribution in [0.4, 0.5) is 0 Å². The first-order valence-electron chi connectivity index (χ1n) is 4.09. The van der Waals surface area contributed by atoms with E-state index in [2.05, 4.69) is 25.1 Å². The molecule has 0 aliphatic carbocycles. The van der Waals surface area contributed by atoms with Crippen molar-refractivity contribution in [1.29, 1.82) is 0 Å². The van der Waals surface area contributed by atoms with E-state index in [-0.39, 0.29) is 0 Å². The van der Waals surface area contributed by atoms with Crippen LogP contribution in [0.1, 0.15) is 24.5 Å². The fourth-order valence-electron chi connectivity index (χ4n) is 1.13. The maximum absolute atomic E-state index is 5.75. The van der Waals surface area contributed by atoms with Crippen molar-refractivity contribution < 1.29 is 0 Å². The second-order valence-electron chi connectivity index (χ2n) is 2.94. The second-order valence-corrected chi connectivity index (χ2v) is 2.94. The molecule has 0 spiro atoms. The molecule has 0 bridgehead atoms. The first-order chi connectivity index (χ1) is 5.24. The molecule has 11 heavy (non-hydrogen) atoms. The molecule has 0 saturated carbocycles. The molecule has 0 aromatic heterocycles. The maximum Gasteiger partial charge on any atom is 0.114 e. The highest BCUT2D eigenvalue weighted by Crippen LogP contribution is 2.02. The van der Waals surface area contributed by atoms with E-state index in [4.69, 9.17) is 7.85 Å². The van der Waals surface area contributed by atoms with Gasteiger partial charge in [-0.3, -0.25) is 0 Å². The lowest BCUT2D eigenvalue weighted by molar-refractivity contribution is 0.922. The van der Waals surface area contributed by atoms with Crippen LogP contribution in [0.25, 0.3) is 0 Å². The fraction of sp³-hybridized carbons (Fsp3) is 0.400. The minimum absolute atomic E-state index is 0.913. The van der Waals surface area contributed by atoms with Crippen molar-refractivity contribution in [3.63, 3.8) is 0 Å². The molecule has 2 radical (unpaired) electrons. The third-order valence-corrected chi connectivity index (χ3v) is 1.88. The summed E-state index contributed by atoms with van der Waals surface area (Å²) in [6.45, 7) is 4.21. The minimum atomic E-state index is 0.913. The quantitative estimate of drug-likeness (QED) is 0.554. The van der Waals surface area contributed by atoms with Crippen LogP contribution in [0.3, 0.4) is 0 Å². The van der Waals surface area contributed by atoms with Crippen molar-refractivity contribution in [3.8, 4) is 0 Å². The molecular formula is C10H13B. The zero-order valence-corrected chi connectivity index (χ0v) is 7.22. The van der Waals surface area contributed by atoms with E-state index in [0.717, 1.165) is 11.9 Å². The molecule has 0 heterocycles. The molecule has 0 saturated heterocycles. The number of aryl methyl sites for hydroxylation is 2. The Bertz CT molecular complexity index is 241. The molecule has 1 rings (SSSR count). The van der Waals surface area contributed by atoms with E-state index in [1.807, 2.05) is 6.92 Å². The Morgan fingerprint density at radius 2 is 2.09 bits per heavy atom. The second kappa shape index (κ2) is 3.61. The fourth-order valence-corrected chi connectivity index (χ4v) is 1.13. The van der Waals surface area contributed by atoms with Crippen molar-refractivity contribution in [1.82, 2.24) is 0 Å². The van der Waals surface area contributed by atoms with Crippen LogP contribution in [0.15, 0.2) is 18.2 Å². The normalized spacial score (nSPS) is 10.0. The third kappa shape index (κ3) is 2.11. The topological polar surface area (TPSA) is 0 Å². The van der Waals surface area contributed by atoms with Crippen LogP contribution >= 0.6 is 0 Å². The Morgan fingerprint density at radius 3 is 2.64 bits per heavy atom. The molecular weight excluding hydrogens is 131 g/mol. The van der Waals surface area contributed by atoms with Gasteiger partial charge in [0.1, 0.15) is 7.85 Å². The number of benzene rings is 1. The summed E-state index contributed by atoms with van der Waals surface area (Å²) in [4.78, 5) is 0. The van der Waals surface area contributed by atoms with Gasteiger partial charge in [-0.05, 0) is 18.9 Å². The van der Waals surface area contributed by atoms with E-state index in [1.54, 1.807) is 0 Å². The standard InChI is InChI=1S/C10H13B/c1-3-4-9-6-5-8(2)10(11)7-9/h5-7H,3-4H2,1-2H3. The Balaban J connectivity index is 2.86. The van der Waals surface area contributed by atoms with Crippen molar-refractivity contribution >= 4 is 13.3 Å². The molecule has 0 unspecified atom stereocenters. The molecule has 0 aliphatic heterocycles. The maximum atomic E-state index is 5.75. The molecule has 1 heteroatoms. The average molecular weight is 144 g/mol. The first-order valence-corrected chi connectivity index (χ1v) is 4.09. The lowest BCUT2D eigenvalue weighted by atomic mass is 9.89. The zero-order chi connectivity index (χ0) is 8.27. The van der Waals surface area contributed by atoms with Crippen molar-refractivity contribution in [2.75, 3.05) is 0 Å². The number of hydrogen-bond acceptors (Lipinski definition) is 0. The lowest BCUT2D eigenvalue weighted by Gasteiger charge is -2.03. The van der Waals surface area contributed by atoms with E-state index >= 15 is 0 Å². The van der Waals surface area contributed by atoms with Gasteiger partial charge in [-0.2, -0.15) is 0 Å². The number of hydrogen-bond donors (Lipinski definition) is 0.